The highest BCUT2D eigenvalue weighted by Gasteiger charge is 2.16. The van der Waals surface area contributed by atoms with Crippen molar-refractivity contribution in [1.29, 1.82) is 0 Å². The maximum atomic E-state index is 5.72. The van der Waals surface area contributed by atoms with E-state index in [9.17, 15) is 0 Å². The van der Waals surface area contributed by atoms with Crippen LogP contribution in [0.5, 0.6) is 0 Å². The van der Waals surface area contributed by atoms with Crippen LogP contribution in [-0.2, 0) is 0 Å². The number of benzene rings is 2. The Hall–Kier alpha value is -2.69. The van der Waals surface area contributed by atoms with Gasteiger partial charge in [0.05, 0.1) is 6.04 Å². The van der Waals surface area contributed by atoms with E-state index in [0.29, 0.717) is 0 Å². The molecular formula is C16H17N5. The summed E-state index contributed by atoms with van der Waals surface area (Å²) in [6, 6.07) is 16.0. The maximum Gasteiger partial charge on any atom is 0.182 e. The number of hydrogen-bond donors (Lipinski definition) is 1. The summed E-state index contributed by atoms with van der Waals surface area (Å²) in [7, 11) is 0. The first-order chi connectivity index (χ1) is 10.1. The smallest absolute Gasteiger partial charge is 0.182 e. The van der Waals surface area contributed by atoms with Gasteiger partial charge in [-0.25, -0.2) is 4.68 Å². The van der Waals surface area contributed by atoms with Crippen molar-refractivity contribution >= 4 is 5.69 Å². The van der Waals surface area contributed by atoms with Crippen LogP contribution in [0, 0.1) is 6.92 Å². The highest BCUT2D eigenvalue weighted by atomic mass is 15.5. The molecule has 21 heavy (non-hydrogen) atoms. The number of nitrogen functional groups attached to an aromatic ring is 1. The Morgan fingerprint density at radius 2 is 1.67 bits per heavy atom. The number of rotatable bonds is 3. The molecule has 0 aliphatic carbocycles. The van der Waals surface area contributed by atoms with Gasteiger partial charge in [-0.1, -0.05) is 29.8 Å². The molecule has 5 heteroatoms. The molecule has 2 N–H and O–H groups in total. The van der Waals surface area contributed by atoms with Crippen LogP contribution in [0.15, 0.2) is 48.5 Å². The first-order valence-electron chi connectivity index (χ1n) is 6.85. The predicted molar refractivity (Wildman–Crippen MR) is 82.7 cm³/mol. The Balaban J connectivity index is 1.98. The standard InChI is InChI=1S/C16H17N5/c1-11-3-5-13(6-4-11)12(2)21-16(18-19-20-21)14-7-9-15(17)10-8-14/h3-10,12H,17H2,1-2H3. The molecule has 1 aromatic heterocycles. The van der Waals surface area contributed by atoms with Crippen LogP contribution in [0.3, 0.4) is 0 Å². The van der Waals surface area contributed by atoms with E-state index in [1.165, 1.54) is 11.1 Å². The van der Waals surface area contributed by atoms with Crippen molar-refractivity contribution in [3.63, 3.8) is 0 Å². The topological polar surface area (TPSA) is 69.6 Å². The van der Waals surface area contributed by atoms with Gasteiger partial charge in [0.2, 0.25) is 0 Å². The molecule has 0 saturated carbocycles. The molecule has 0 radical (unpaired) electrons. The third-order valence-electron chi connectivity index (χ3n) is 3.59. The fourth-order valence-corrected chi connectivity index (χ4v) is 2.26. The van der Waals surface area contributed by atoms with Crippen LogP contribution >= 0.6 is 0 Å². The number of hydrogen-bond acceptors (Lipinski definition) is 4. The molecule has 0 aliphatic heterocycles. The normalized spacial score (nSPS) is 12.3. The lowest BCUT2D eigenvalue weighted by Gasteiger charge is -2.14. The lowest BCUT2D eigenvalue weighted by molar-refractivity contribution is 0.548. The molecule has 0 saturated heterocycles. The van der Waals surface area contributed by atoms with Crippen molar-refractivity contribution in [3.8, 4) is 11.4 Å². The van der Waals surface area contributed by atoms with E-state index < -0.39 is 0 Å². The van der Waals surface area contributed by atoms with Gasteiger partial charge in [-0.05, 0) is 54.1 Å². The SMILES string of the molecule is Cc1ccc(C(C)n2nnnc2-c2ccc(N)cc2)cc1. The van der Waals surface area contributed by atoms with Crippen LogP contribution in [0.4, 0.5) is 5.69 Å². The summed E-state index contributed by atoms with van der Waals surface area (Å²) < 4.78 is 1.83. The van der Waals surface area contributed by atoms with Crippen LogP contribution < -0.4 is 5.73 Å². The number of nitrogens with two attached hydrogens (primary N) is 1. The Labute approximate surface area is 123 Å². The molecule has 2 aromatic carbocycles. The summed E-state index contributed by atoms with van der Waals surface area (Å²) in [5.74, 6) is 0.739. The molecule has 3 aromatic rings. The van der Waals surface area contributed by atoms with E-state index in [4.69, 9.17) is 5.73 Å². The Morgan fingerprint density at radius 1 is 1.00 bits per heavy atom. The lowest BCUT2D eigenvalue weighted by Crippen LogP contribution is -2.10. The van der Waals surface area contributed by atoms with Crippen molar-refractivity contribution in [1.82, 2.24) is 20.2 Å². The van der Waals surface area contributed by atoms with E-state index in [1.807, 2.05) is 28.9 Å². The second-order valence-electron chi connectivity index (χ2n) is 5.16. The summed E-state index contributed by atoms with van der Waals surface area (Å²) in [6.07, 6.45) is 0. The quantitative estimate of drug-likeness (QED) is 0.748. The molecule has 0 aliphatic rings. The average Bonchev–Trinajstić information content (AvgIpc) is 2.97. The first-order valence-corrected chi connectivity index (χ1v) is 6.85. The van der Waals surface area contributed by atoms with E-state index in [2.05, 4.69) is 53.6 Å². The van der Waals surface area contributed by atoms with Crippen molar-refractivity contribution in [2.75, 3.05) is 5.73 Å². The Bertz CT molecular complexity index is 728. The van der Waals surface area contributed by atoms with Crippen molar-refractivity contribution in [2.45, 2.75) is 19.9 Å². The number of aromatic nitrogens is 4. The van der Waals surface area contributed by atoms with Gasteiger partial charge in [-0.15, -0.1) is 5.10 Å². The van der Waals surface area contributed by atoms with Gasteiger partial charge in [0.25, 0.3) is 0 Å². The second kappa shape index (κ2) is 5.36. The van der Waals surface area contributed by atoms with Gasteiger partial charge in [0.15, 0.2) is 5.82 Å². The number of tetrazole rings is 1. The van der Waals surface area contributed by atoms with Gasteiger partial charge >= 0.3 is 0 Å². The van der Waals surface area contributed by atoms with Crippen LogP contribution in [-0.4, -0.2) is 20.2 Å². The second-order valence-corrected chi connectivity index (χ2v) is 5.16. The summed E-state index contributed by atoms with van der Waals surface area (Å²) >= 11 is 0. The monoisotopic (exact) mass is 279 g/mol. The molecule has 5 nitrogen and oxygen atoms in total. The maximum absolute atomic E-state index is 5.72. The third kappa shape index (κ3) is 2.63. The Morgan fingerprint density at radius 3 is 2.33 bits per heavy atom. The van der Waals surface area contributed by atoms with E-state index in [1.54, 1.807) is 0 Å². The van der Waals surface area contributed by atoms with Gasteiger partial charge in [-0.3, -0.25) is 0 Å². The zero-order chi connectivity index (χ0) is 14.8. The average molecular weight is 279 g/mol. The molecule has 0 spiro atoms. The summed E-state index contributed by atoms with van der Waals surface area (Å²) in [6.45, 7) is 4.16. The predicted octanol–water partition coefficient (Wildman–Crippen LogP) is 2.84. The Kier molecular flexibility index (Phi) is 3.39. The van der Waals surface area contributed by atoms with Gasteiger partial charge in [0, 0.05) is 11.3 Å². The van der Waals surface area contributed by atoms with E-state index in [-0.39, 0.29) is 6.04 Å². The number of nitrogens with zero attached hydrogens (tertiary/aromatic N) is 4. The van der Waals surface area contributed by atoms with E-state index >= 15 is 0 Å². The molecule has 106 valence electrons. The fraction of sp³-hybridized carbons (Fsp3) is 0.188. The van der Waals surface area contributed by atoms with Crippen molar-refractivity contribution in [3.05, 3.63) is 59.7 Å². The fourth-order valence-electron chi connectivity index (χ4n) is 2.26. The molecule has 3 rings (SSSR count). The van der Waals surface area contributed by atoms with Gasteiger partial charge in [-0.2, -0.15) is 0 Å². The van der Waals surface area contributed by atoms with Crippen molar-refractivity contribution < 1.29 is 0 Å². The zero-order valence-electron chi connectivity index (χ0n) is 12.1. The highest BCUT2D eigenvalue weighted by Crippen LogP contribution is 2.24. The molecule has 0 bridgehead atoms. The van der Waals surface area contributed by atoms with Gasteiger partial charge in [0.1, 0.15) is 0 Å². The van der Waals surface area contributed by atoms with Crippen molar-refractivity contribution in [2.24, 2.45) is 0 Å². The molecule has 1 unspecified atom stereocenters. The molecule has 1 heterocycles. The molecule has 0 amide bonds. The van der Waals surface area contributed by atoms with Gasteiger partial charge < -0.3 is 5.73 Å². The van der Waals surface area contributed by atoms with Crippen LogP contribution in [0.1, 0.15) is 24.1 Å². The highest BCUT2D eigenvalue weighted by molar-refractivity contribution is 5.58. The minimum atomic E-state index is 0.0631. The first kappa shape index (κ1) is 13.3. The summed E-state index contributed by atoms with van der Waals surface area (Å²) in [5, 5.41) is 12.1. The lowest BCUT2D eigenvalue weighted by atomic mass is 10.1. The number of aryl methyl sites for hydroxylation is 1. The molecule has 1 atom stereocenters. The summed E-state index contributed by atoms with van der Waals surface area (Å²) in [4.78, 5) is 0. The van der Waals surface area contributed by atoms with E-state index in [0.717, 1.165) is 17.1 Å². The third-order valence-corrected chi connectivity index (χ3v) is 3.59. The molecular weight excluding hydrogens is 262 g/mol. The largest absolute Gasteiger partial charge is 0.399 e. The number of anilines is 1. The van der Waals surface area contributed by atoms with Crippen LogP contribution in [0.25, 0.3) is 11.4 Å². The minimum absolute atomic E-state index is 0.0631. The summed E-state index contributed by atoms with van der Waals surface area (Å²) in [5.41, 5.74) is 9.81. The zero-order valence-corrected chi connectivity index (χ0v) is 12.1. The minimum Gasteiger partial charge on any atom is -0.399 e. The molecule has 0 fully saturated rings. The van der Waals surface area contributed by atoms with Crippen LogP contribution in [0.2, 0.25) is 0 Å².